The first-order valence-corrected chi connectivity index (χ1v) is 8.41. The molecule has 4 nitrogen and oxygen atoms in total. The van der Waals surface area contributed by atoms with Crippen molar-refractivity contribution in [2.45, 2.75) is 11.4 Å². The second-order valence-electron chi connectivity index (χ2n) is 4.20. The van der Waals surface area contributed by atoms with E-state index in [1.807, 2.05) is 0 Å². The Hall–Kier alpha value is -0.980. The number of sulfonamides is 1. The van der Waals surface area contributed by atoms with Gasteiger partial charge in [-0.3, -0.25) is 4.72 Å². The molecule has 2 aromatic rings. The highest BCUT2D eigenvalue weighted by atomic mass is 35.5. The van der Waals surface area contributed by atoms with Crippen molar-refractivity contribution >= 4 is 50.5 Å². The van der Waals surface area contributed by atoms with E-state index in [9.17, 15) is 8.42 Å². The van der Waals surface area contributed by atoms with Crippen LogP contribution in [-0.2, 0) is 16.6 Å². The summed E-state index contributed by atoms with van der Waals surface area (Å²) in [6, 6.07) is 8.96. The number of rotatable bonds is 4. The molecule has 0 amide bonds. The first-order chi connectivity index (χ1) is 9.83. The molecule has 0 heterocycles. The van der Waals surface area contributed by atoms with Gasteiger partial charge < -0.3 is 5.73 Å². The van der Waals surface area contributed by atoms with E-state index in [-0.39, 0.29) is 25.7 Å². The van der Waals surface area contributed by atoms with Gasteiger partial charge in [0.2, 0.25) is 0 Å². The summed E-state index contributed by atoms with van der Waals surface area (Å²) in [7, 11) is -3.77. The van der Waals surface area contributed by atoms with Crippen LogP contribution >= 0.6 is 34.8 Å². The Labute approximate surface area is 137 Å². The first kappa shape index (κ1) is 16.4. The van der Waals surface area contributed by atoms with E-state index < -0.39 is 10.0 Å². The smallest absolute Gasteiger partial charge is 0.261 e. The fourth-order valence-corrected chi connectivity index (χ4v) is 3.33. The third-order valence-electron chi connectivity index (χ3n) is 2.72. The average molecular weight is 366 g/mol. The molecule has 0 aliphatic heterocycles. The highest BCUT2D eigenvalue weighted by Gasteiger charge is 2.16. The largest absolute Gasteiger partial charge is 0.326 e. The van der Waals surface area contributed by atoms with E-state index in [1.54, 1.807) is 12.1 Å². The van der Waals surface area contributed by atoms with Gasteiger partial charge in [0.15, 0.2) is 0 Å². The molecular weight excluding hydrogens is 355 g/mol. The summed E-state index contributed by atoms with van der Waals surface area (Å²) < 4.78 is 26.9. The van der Waals surface area contributed by atoms with Crippen molar-refractivity contribution in [2.24, 2.45) is 5.73 Å². The van der Waals surface area contributed by atoms with Crippen LogP contribution in [0.25, 0.3) is 0 Å². The minimum absolute atomic E-state index is 0.0989. The molecule has 0 aliphatic carbocycles. The summed E-state index contributed by atoms with van der Waals surface area (Å²) >= 11 is 17.6. The number of nitrogens with one attached hydrogen (secondary N) is 1. The minimum atomic E-state index is -3.77. The number of benzene rings is 2. The van der Waals surface area contributed by atoms with Gasteiger partial charge in [-0.15, -0.1) is 0 Å². The molecule has 3 N–H and O–H groups in total. The Balaban J connectivity index is 2.34. The molecule has 2 aromatic carbocycles. The molecule has 0 fully saturated rings. The van der Waals surface area contributed by atoms with Crippen molar-refractivity contribution in [3.8, 4) is 0 Å². The average Bonchev–Trinajstić information content (AvgIpc) is 2.44. The van der Waals surface area contributed by atoms with E-state index in [0.29, 0.717) is 6.54 Å². The van der Waals surface area contributed by atoms with Crippen LogP contribution in [-0.4, -0.2) is 8.42 Å². The summed E-state index contributed by atoms with van der Waals surface area (Å²) in [5.74, 6) is 0. The second-order valence-corrected chi connectivity index (χ2v) is 7.10. The fourth-order valence-electron chi connectivity index (χ4n) is 1.61. The quantitative estimate of drug-likeness (QED) is 0.807. The Bertz CT molecular complexity index is 762. The molecule has 0 atom stereocenters. The van der Waals surface area contributed by atoms with Crippen LogP contribution in [0.1, 0.15) is 5.56 Å². The van der Waals surface area contributed by atoms with Gasteiger partial charge in [0.25, 0.3) is 10.0 Å². The summed E-state index contributed by atoms with van der Waals surface area (Å²) in [5, 5.41) is 0.612. The molecule has 21 heavy (non-hydrogen) atoms. The molecule has 0 radical (unpaired) electrons. The van der Waals surface area contributed by atoms with Crippen LogP contribution in [0.5, 0.6) is 0 Å². The van der Waals surface area contributed by atoms with Crippen LogP contribution in [0, 0.1) is 0 Å². The number of hydrogen-bond donors (Lipinski definition) is 2. The molecular formula is C13H11Cl3N2O2S. The van der Waals surface area contributed by atoms with Gasteiger partial charge in [0.05, 0.1) is 25.7 Å². The standard InChI is InChI=1S/C13H11Cl3N2O2S/c14-10-5-12(16)13(6-11(10)15)18-21(19,20)9-3-1-8(7-17)2-4-9/h1-6,18H,7,17H2. The van der Waals surface area contributed by atoms with Crippen molar-refractivity contribution < 1.29 is 8.42 Å². The van der Waals surface area contributed by atoms with Crippen molar-refractivity contribution in [1.29, 1.82) is 0 Å². The van der Waals surface area contributed by atoms with Gasteiger partial charge >= 0.3 is 0 Å². The molecule has 0 spiro atoms. The zero-order chi connectivity index (χ0) is 15.6. The van der Waals surface area contributed by atoms with E-state index in [4.69, 9.17) is 40.5 Å². The Morgan fingerprint density at radius 2 is 1.52 bits per heavy atom. The van der Waals surface area contributed by atoms with Crippen molar-refractivity contribution in [3.63, 3.8) is 0 Å². The third kappa shape index (κ3) is 3.81. The maximum atomic E-state index is 12.3. The maximum absolute atomic E-state index is 12.3. The molecule has 112 valence electrons. The lowest BCUT2D eigenvalue weighted by Crippen LogP contribution is -2.13. The zero-order valence-electron chi connectivity index (χ0n) is 10.6. The van der Waals surface area contributed by atoms with Gasteiger partial charge in [-0.1, -0.05) is 46.9 Å². The summed E-state index contributed by atoms with van der Waals surface area (Å²) in [5.41, 5.74) is 6.47. The zero-order valence-corrected chi connectivity index (χ0v) is 13.7. The third-order valence-corrected chi connectivity index (χ3v) is 5.14. The number of halogens is 3. The SMILES string of the molecule is NCc1ccc(S(=O)(=O)Nc2cc(Cl)c(Cl)cc2Cl)cc1. The summed E-state index contributed by atoms with van der Waals surface area (Å²) in [6.45, 7) is 0.340. The van der Waals surface area contributed by atoms with E-state index in [0.717, 1.165) is 5.56 Å². The Morgan fingerprint density at radius 1 is 0.952 bits per heavy atom. The maximum Gasteiger partial charge on any atom is 0.261 e. The minimum Gasteiger partial charge on any atom is -0.326 e. The second kappa shape index (κ2) is 6.42. The lowest BCUT2D eigenvalue weighted by molar-refractivity contribution is 0.601. The molecule has 0 saturated carbocycles. The molecule has 0 aromatic heterocycles. The van der Waals surface area contributed by atoms with Crippen molar-refractivity contribution in [3.05, 3.63) is 57.0 Å². The van der Waals surface area contributed by atoms with Gasteiger partial charge in [0.1, 0.15) is 0 Å². The Kier molecular flexibility index (Phi) is 5.01. The lowest BCUT2D eigenvalue weighted by Gasteiger charge is -2.11. The van der Waals surface area contributed by atoms with E-state index in [2.05, 4.69) is 4.72 Å². The van der Waals surface area contributed by atoms with Gasteiger partial charge in [-0.25, -0.2) is 8.42 Å². The number of nitrogens with two attached hydrogens (primary N) is 1. The normalized spacial score (nSPS) is 11.4. The predicted molar refractivity (Wildman–Crippen MR) is 86.6 cm³/mol. The summed E-state index contributed by atoms with van der Waals surface area (Å²) in [4.78, 5) is 0.0989. The monoisotopic (exact) mass is 364 g/mol. The van der Waals surface area contributed by atoms with Crippen LogP contribution < -0.4 is 10.5 Å². The van der Waals surface area contributed by atoms with Gasteiger partial charge in [-0.05, 0) is 29.8 Å². The van der Waals surface area contributed by atoms with E-state index >= 15 is 0 Å². The molecule has 0 unspecified atom stereocenters. The van der Waals surface area contributed by atoms with Crippen LogP contribution in [0.3, 0.4) is 0 Å². The van der Waals surface area contributed by atoms with E-state index in [1.165, 1.54) is 24.3 Å². The van der Waals surface area contributed by atoms with Gasteiger partial charge in [-0.2, -0.15) is 0 Å². The highest BCUT2D eigenvalue weighted by molar-refractivity contribution is 7.92. The fraction of sp³-hybridized carbons (Fsp3) is 0.0769. The lowest BCUT2D eigenvalue weighted by atomic mass is 10.2. The number of hydrogen-bond acceptors (Lipinski definition) is 3. The highest BCUT2D eigenvalue weighted by Crippen LogP contribution is 2.33. The molecule has 0 bridgehead atoms. The molecule has 2 rings (SSSR count). The van der Waals surface area contributed by atoms with Crippen molar-refractivity contribution in [1.82, 2.24) is 0 Å². The topological polar surface area (TPSA) is 72.2 Å². The Morgan fingerprint density at radius 3 is 2.10 bits per heavy atom. The summed E-state index contributed by atoms with van der Waals surface area (Å²) in [6.07, 6.45) is 0. The molecule has 0 aliphatic rings. The molecule has 0 saturated heterocycles. The van der Waals surface area contributed by atoms with Crippen LogP contribution in [0.15, 0.2) is 41.3 Å². The van der Waals surface area contributed by atoms with Crippen LogP contribution in [0.4, 0.5) is 5.69 Å². The van der Waals surface area contributed by atoms with Gasteiger partial charge in [0, 0.05) is 6.54 Å². The predicted octanol–water partition coefficient (Wildman–Crippen LogP) is 3.91. The first-order valence-electron chi connectivity index (χ1n) is 5.80. The van der Waals surface area contributed by atoms with Crippen molar-refractivity contribution in [2.75, 3.05) is 4.72 Å². The number of anilines is 1. The van der Waals surface area contributed by atoms with Crippen LogP contribution in [0.2, 0.25) is 15.1 Å². The molecule has 8 heteroatoms.